The van der Waals surface area contributed by atoms with E-state index in [0.29, 0.717) is 11.4 Å². The Kier molecular flexibility index (Phi) is 2.35. The summed E-state index contributed by atoms with van der Waals surface area (Å²) in [6, 6.07) is 7.34. The van der Waals surface area contributed by atoms with Gasteiger partial charge >= 0.3 is 0 Å². The van der Waals surface area contributed by atoms with Crippen LogP contribution >= 0.6 is 0 Å². The van der Waals surface area contributed by atoms with Crippen LogP contribution in [0.2, 0.25) is 0 Å². The van der Waals surface area contributed by atoms with Crippen LogP contribution in [0.15, 0.2) is 35.5 Å². The number of hydroxylamine groups is 1. The van der Waals surface area contributed by atoms with Gasteiger partial charge in [-0.05, 0) is 31.0 Å². The highest BCUT2D eigenvalue weighted by molar-refractivity contribution is 5.97. The van der Waals surface area contributed by atoms with E-state index in [1.54, 1.807) is 19.3 Å². The van der Waals surface area contributed by atoms with Gasteiger partial charge in [-0.15, -0.1) is 0 Å². The zero-order valence-electron chi connectivity index (χ0n) is 8.38. The van der Waals surface area contributed by atoms with E-state index < -0.39 is 0 Å². The van der Waals surface area contributed by atoms with Crippen LogP contribution in [0.3, 0.4) is 0 Å². The summed E-state index contributed by atoms with van der Waals surface area (Å²) in [6.07, 6.45) is 1.72. The van der Waals surface area contributed by atoms with E-state index in [4.69, 9.17) is 0 Å². The zero-order chi connectivity index (χ0) is 10.8. The predicted molar refractivity (Wildman–Crippen MR) is 61.1 cm³/mol. The number of hydrogen-bond donors (Lipinski definition) is 1. The zero-order valence-corrected chi connectivity index (χ0v) is 8.38. The van der Waals surface area contributed by atoms with E-state index in [-0.39, 0.29) is 0 Å². The monoisotopic (exact) mass is 201 g/mol. The molecule has 0 fully saturated rings. The maximum Gasteiger partial charge on any atom is 0.0973 e. The molecule has 1 heterocycles. The van der Waals surface area contributed by atoms with E-state index in [0.717, 1.165) is 16.0 Å². The van der Waals surface area contributed by atoms with Crippen molar-refractivity contribution < 1.29 is 5.21 Å². The Labute approximate surface area is 87.5 Å². The maximum atomic E-state index is 9.42. The number of hydrogen-bond acceptors (Lipinski definition) is 4. The van der Waals surface area contributed by atoms with Crippen LogP contribution in [0.25, 0.3) is 10.9 Å². The average molecular weight is 201 g/mol. The van der Waals surface area contributed by atoms with Crippen molar-refractivity contribution in [2.24, 2.45) is 4.99 Å². The number of rotatable bonds is 2. The van der Waals surface area contributed by atoms with Crippen LogP contribution in [0.5, 0.6) is 0 Å². The summed E-state index contributed by atoms with van der Waals surface area (Å²) in [7, 11) is 1.55. The van der Waals surface area contributed by atoms with Gasteiger partial charge in [-0.25, -0.2) is 0 Å². The standard InChI is InChI=1S/C11H11N3O/c1-12-11-8-4-3-7-13-9(8)5-6-10(11)14(2)15/h3-7,15H,1H2,2H3. The molecule has 0 amide bonds. The van der Waals surface area contributed by atoms with E-state index in [1.807, 2.05) is 18.2 Å². The van der Waals surface area contributed by atoms with Crippen molar-refractivity contribution in [3.05, 3.63) is 30.5 Å². The number of fused-ring (bicyclic) bond motifs is 1. The number of aliphatic imine (C=N–C) groups is 1. The lowest BCUT2D eigenvalue weighted by molar-refractivity contribution is 0.280. The Bertz CT molecular complexity index is 508. The third-order valence-corrected chi connectivity index (χ3v) is 2.24. The maximum absolute atomic E-state index is 9.42. The van der Waals surface area contributed by atoms with Crippen LogP contribution in [0.4, 0.5) is 11.4 Å². The first-order chi connectivity index (χ1) is 7.24. The van der Waals surface area contributed by atoms with Crippen LogP contribution in [0.1, 0.15) is 0 Å². The van der Waals surface area contributed by atoms with E-state index in [1.165, 1.54) is 0 Å². The fraction of sp³-hybridized carbons (Fsp3) is 0.0909. The molecule has 0 radical (unpaired) electrons. The molecule has 1 aromatic heterocycles. The Morgan fingerprint density at radius 3 is 2.87 bits per heavy atom. The van der Waals surface area contributed by atoms with Gasteiger partial charge in [-0.3, -0.25) is 20.2 Å². The van der Waals surface area contributed by atoms with Crippen molar-refractivity contribution in [3.63, 3.8) is 0 Å². The second-order valence-electron chi connectivity index (χ2n) is 3.19. The van der Waals surface area contributed by atoms with Gasteiger partial charge in [0, 0.05) is 18.6 Å². The first kappa shape index (κ1) is 9.61. The van der Waals surface area contributed by atoms with E-state index in [2.05, 4.69) is 16.7 Å². The molecule has 0 aliphatic heterocycles. The second-order valence-corrected chi connectivity index (χ2v) is 3.19. The second kappa shape index (κ2) is 3.67. The molecule has 0 unspecified atom stereocenters. The highest BCUT2D eigenvalue weighted by atomic mass is 16.5. The Hall–Kier alpha value is -1.94. The summed E-state index contributed by atoms with van der Waals surface area (Å²) in [6.45, 7) is 3.51. The Morgan fingerprint density at radius 1 is 1.40 bits per heavy atom. The van der Waals surface area contributed by atoms with Crippen molar-refractivity contribution >= 4 is 29.0 Å². The highest BCUT2D eigenvalue weighted by Crippen LogP contribution is 2.33. The molecule has 15 heavy (non-hydrogen) atoms. The van der Waals surface area contributed by atoms with Crippen LogP contribution in [-0.4, -0.2) is 24.0 Å². The molecular weight excluding hydrogens is 190 g/mol. The third kappa shape index (κ3) is 1.55. The fourth-order valence-electron chi connectivity index (χ4n) is 1.55. The fourth-order valence-corrected chi connectivity index (χ4v) is 1.55. The van der Waals surface area contributed by atoms with Crippen molar-refractivity contribution in [2.75, 3.05) is 12.1 Å². The van der Waals surface area contributed by atoms with Gasteiger partial charge in [0.25, 0.3) is 0 Å². The molecule has 0 atom stereocenters. The average Bonchev–Trinajstić information content (AvgIpc) is 2.27. The molecule has 76 valence electrons. The first-order valence-electron chi connectivity index (χ1n) is 4.51. The third-order valence-electron chi connectivity index (χ3n) is 2.24. The lowest BCUT2D eigenvalue weighted by atomic mass is 10.1. The molecule has 0 bridgehead atoms. The summed E-state index contributed by atoms with van der Waals surface area (Å²) in [5.74, 6) is 0. The molecule has 1 aromatic carbocycles. The predicted octanol–water partition coefficient (Wildman–Crippen LogP) is 2.39. The minimum Gasteiger partial charge on any atom is -0.289 e. The van der Waals surface area contributed by atoms with Crippen molar-refractivity contribution in [2.45, 2.75) is 0 Å². The van der Waals surface area contributed by atoms with Crippen molar-refractivity contribution in [3.8, 4) is 0 Å². The van der Waals surface area contributed by atoms with Gasteiger partial charge in [0.1, 0.15) is 0 Å². The lowest BCUT2D eigenvalue weighted by Crippen LogP contribution is -2.09. The van der Waals surface area contributed by atoms with E-state index >= 15 is 0 Å². The van der Waals surface area contributed by atoms with Crippen LogP contribution in [-0.2, 0) is 0 Å². The van der Waals surface area contributed by atoms with Gasteiger partial charge in [0.05, 0.1) is 16.9 Å². The minimum absolute atomic E-state index is 0.616. The molecule has 0 aliphatic rings. The van der Waals surface area contributed by atoms with E-state index in [9.17, 15) is 5.21 Å². The summed E-state index contributed by atoms with van der Waals surface area (Å²) >= 11 is 0. The molecule has 0 saturated heterocycles. The molecule has 2 aromatic rings. The van der Waals surface area contributed by atoms with Crippen molar-refractivity contribution in [1.29, 1.82) is 0 Å². The number of anilines is 1. The Balaban J connectivity index is 2.81. The number of nitrogens with zero attached hydrogens (tertiary/aromatic N) is 3. The van der Waals surface area contributed by atoms with Gasteiger partial charge in [0.2, 0.25) is 0 Å². The number of aromatic nitrogens is 1. The van der Waals surface area contributed by atoms with Gasteiger partial charge < -0.3 is 0 Å². The SMILES string of the molecule is C=Nc1c(N(C)O)ccc2ncccc12. The lowest BCUT2D eigenvalue weighted by Gasteiger charge is -2.14. The van der Waals surface area contributed by atoms with Crippen LogP contribution < -0.4 is 5.06 Å². The highest BCUT2D eigenvalue weighted by Gasteiger charge is 2.08. The molecular formula is C11H11N3O. The van der Waals surface area contributed by atoms with Gasteiger partial charge in [-0.2, -0.15) is 0 Å². The molecule has 0 spiro atoms. The van der Waals surface area contributed by atoms with Gasteiger partial charge in [0.15, 0.2) is 0 Å². The normalized spacial score (nSPS) is 10.3. The van der Waals surface area contributed by atoms with Crippen LogP contribution in [0, 0.1) is 0 Å². The van der Waals surface area contributed by atoms with Crippen molar-refractivity contribution in [1.82, 2.24) is 4.98 Å². The smallest absolute Gasteiger partial charge is 0.0973 e. The Morgan fingerprint density at radius 2 is 2.20 bits per heavy atom. The van der Waals surface area contributed by atoms with Gasteiger partial charge in [-0.1, -0.05) is 0 Å². The summed E-state index contributed by atoms with van der Waals surface area (Å²) in [5, 5.41) is 11.3. The number of pyridine rings is 1. The molecule has 4 heteroatoms. The quantitative estimate of drug-likeness (QED) is 0.599. The minimum atomic E-state index is 0.616. The first-order valence-corrected chi connectivity index (χ1v) is 4.51. The number of benzene rings is 1. The molecule has 0 aliphatic carbocycles. The molecule has 2 rings (SSSR count). The topological polar surface area (TPSA) is 48.7 Å². The molecule has 1 N–H and O–H groups in total. The summed E-state index contributed by atoms with van der Waals surface area (Å²) in [4.78, 5) is 8.13. The molecule has 0 saturated carbocycles. The molecule has 4 nitrogen and oxygen atoms in total. The largest absolute Gasteiger partial charge is 0.289 e. The summed E-state index contributed by atoms with van der Waals surface area (Å²) < 4.78 is 0. The summed E-state index contributed by atoms with van der Waals surface area (Å²) in [5.41, 5.74) is 2.10.